The van der Waals surface area contributed by atoms with Crippen LogP contribution < -0.4 is 21.7 Å². The van der Waals surface area contributed by atoms with E-state index in [0.717, 1.165) is 0 Å². The van der Waals surface area contributed by atoms with Crippen LogP contribution in [0.25, 0.3) is 0 Å². The minimum atomic E-state index is -1.28. The van der Waals surface area contributed by atoms with Crippen molar-refractivity contribution < 1.29 is 34.5 Å². The summed E-state index contributed by atoms with van der Waals surface area (Å²) in [6.07, 6.45) is 2.09. The summed E-state index contributed by atoms with van der Waals surface area (Å²) < 4.78 is 0. The van der Waals surface area contributed by atoms with Gasteiger partial charge in [0, 0.05) is 12.8 Å². The molecule has 0 spiro atoms. The fraction of sp³-hybridized carbons (Fsp3) is 0.429. The van der Waals surface area contributed by atoms with Crippen molar-refractivity contribution >= 4 is 35.5 Å². The topological polar surface area (TPSA) is 191 Å². The van der Waals surface area contributed by atoms with Crippen molar-refractivity contribution in [3.8, 4) is 11.5 Å². The Balaban J connectivity index is 2.22. The number of benzene rings is 2. The van der Waals surface area contributed by atoms with Crippen LogP contribution in [-0.2, 0) is 32.0 Å². The third-order valence-electron chi connectivity index (χ3n) is 6.26. The Labute approximate surface area is 237 Å². The first-order valence-corrected chi connectivity index (χ1v) is 14.2. The zero-order valence-electron chi connectivity index (χ0n) is 22.8. The Hall–Kier alpha value is -3.77. The highest BCUT2D eigenvalue weighted by molar-refractivity contribution is 7.98. The SMILES string of the molecule is CSCCC(NC(=O)C(Cc1ccc(O)cc1)NC(=O)C(N)C(C)C)C(=O)NC(Cc1ccc(O)cc1)C(=O)O. The highest BCUT2D eigenvalue weighted by atomic mass is 32.2. The molecule has 0 aliphatic carbocycles. The fourth-order valence-electron chi connectivity index (χ4n) is 3.76. The number of hydrogen-bond acceptors (Lipinski definition) is 8. The average molecular weight is 575 g/mol. The molecule has 4 atom stereocenters. The van der Waals surface area contributed by atoms with Gasteiger partial charge in [-0.25, -0.2) is 4.79 Å². The van der Waals surface area contributed by atoms with Crippen LogP contribution in [0.15, 0.2) is 48.5 Å². The molecule has 0 fully saturated rings. The summed E-state index contributed by atoms with van der Waals surface area (Å²) in [4.78, 5) is 51.3. The van der Waals surface area contributed by atoms with E-state index in [-0.39, 0.29) is 36.7 Å². The molecule has 40 heavy (non-hydrogen) atoms. The largest absolute Gasteiger partial charge is 0.508 e. The molecule has 2 rings (SSSR count). The molecule has 0 saturated carbocycles. The quantitative estimate of drug-likeness (QED) is 0.164. The predicted octanol–water partition coefficient (Wildman–Crippen LogP) is 1.16. The molecule has 0 aliphatic heterocycles. The third-order valence-corrected chi connectivity index (χ3v) is 6.91. The number of aliphatic carboxylic acids is 1. The van der Waals surface area contributed by atoms with Crippen molar-refractivity contribution in [2.24, 2.45) is 11.7 Å². The molecule has 11 nitrogen and oxygen atoms in total. The van der Waals surface area contributed by atoms with E-state index in [1.54, 1.807) is 38.1 Å². The van der Waals surface area contributed by atoms with Crippen molar-refractivity contribution in [1.29, 1.82) is 0 Å². The van der Waals surface area contributed by atoms with Crippen LogP contribution in [0.4, 0.5) is 0 Å². The van der Waals surface area contributed by atoms with E-state index in [1.165, 1.54) is 36.0 Å². The van der Waals surface area contributed by atoms with Crippen LogP contribution in [0.2, 0.25) is 0 Å². The molecule has 2 aromatic carbocycles. The van der Waals surface area contributed by atoms with E-state index in [2.05, 4.69) is 16.0 Å². The van der Waals surface area contributed by atoms with Gasteiger partial charge in [-0.1, -0.05) is 38.1 Å². The van der Waals surface area contributed by atoms with Gasteiger partial charge >= 0.3 is 5.97 Å². The number of rotatable bonds is 15. The lowest BCUT2D eigenvalue weighted by atomic mass is 10.0. The van der Waals surface area contributed by atoms with Crippen molar-refractivity contribution in [2.45, 2.75) is 57.3 Å². The average Bonchev–Trinajstić information content (AvgIpc) is 2.91. The highest BCUT2D eigenvalue weighted by Gasteiger charge is 2.31. The summed E-state index contributed by atoms with van der Waals surface area (Å²) in [6.45, 7) is 3.55. The number of thioether (sulfide) groups is 1. The van der Waals surface area contributed by atoms with E-state index in [4.69, 9.17) is 5.73 Å². The molecule has 218 valence electrons. The van der Waals surface area contributed by atoms with E-state index in [1.807, 2.05) is 6.26 Å². The number of carbonyl (C=O) groups is 4. The number of nitrogens with one attached hydrogen (secondary N) is 3. The minimum absolute atomic E-state index is 0.0304. The summed E-state index contributed by atoms with van der Waals surface area (Å²) in [5.41, 5.74) is 7.22. The molecule has 12 heteroatoms. The number of phenols is 2. The second kappa shape index (κ2) is 15.7. The molecule has 3 amide bonds. The number of nitrogens with two attached hydrogens (primary N) is 1. The lowest BCUT2D eigenvalue weighted by Crippen LogP contribution is -2.58. The lowest BCUT2D eigenvalue weighted by Gasteiger charge is -2.26. The van der Waals surface area contributed by atoms with Crippen LogP contribution in [-0.4, -0.2) is 75.2 Å². The van der Waals surface area contributed by atoms with Gasteiger partial charge in [-0.05, 0) is 59.7 Å². The zero-order valence-corrected chi connectivity index (χ0v) is 23.6. The van der Waals surface area contributed by atoms with Gasteiger partial charge in [-0.15, -0.1) is 0 Å². The van der Waals surface area contributed by atoms with E-state index in [0.29, 0.717) is 16.9 Å². The van der Waals surface area contributed by atoms with E-state index >= 15 is 0 Å². The number of phenolic OH excluding ortho intramolecular Hbond substituents is 2. The molecule has 0 heterocycles. The summed E-state index contributed by atoms with van der Waals surface area (Å²) >= 11 is 1.45. The monoisotopic (exact) mass is 574 g/mol. The smallest absolute Gasteiger partial charge is 0.326 e. The number of carbonyl (C=O) groups excluding carboxylic acids is 3. The van der Waals surface area contributed by atoms with Gasteiger partial charge in [0.15, 0.2) is 0 Å². The van der Waals surface area contributed by atoms with E-state index in [9.17, 15) is 34.5 Å². The van der Waals surface area contributed by atoms with Gasteiger partial charge in [0.05, 0.1) is 6.04 Å². The Morgan fingerprint density at radius 2 is 1.18 bits per heavy atom. The molecule has 2 aromatic rings. The summed E-state index contributed by atoms with van der Waals surface area (Å²) in [5.74, 6) is -2.70. The van der Waals surface area contributed by atoms with Crippen LogP contribution in [0.3, 0.4) is 0 Å². The molecule has 0 saturated heterocycles. The predicted molar refractivity (Wildman–Crippen MR) is 153 cm³/mol. The lowest BCUT2D eigenvalue weighted by molar-refractivity contribution is -0.142. The summed E-state index contributed by atoms with van der Waals surface area (Å²) in [5, 5.41) is 36.6. The fourth-order valence-corrected chi connectivity index (χ4v) is 4.24. The van der Waals surface area contributed by atoms with Gasteiger partial charge in [0.1, 0.15) is 29.6 Å². The minimum Gasteiger partial charge on any atom is -0.508 e. The van der Waals surface area contributed by atoms with Crippen LogP contribution in [0.1, 0.15) is 31.4 Å². The van der Waals surface area contributed by atoms with Crippen molar-refractivity contribution in [1.82, 2.24) is 16.0 Å². The van der Waals surface area contributed by atoms with Gasteiger partial charge in [0.25, 0.3) is 0 Å². The Morgan fingerprint density at radius 3 is 1.62 bits per heavy atom. The number of carboxylic acid groups (broad SMARTS) is 1. The van der Waals surface area contributed by atoms with E-state index < -0.39 is 47.9 Å². The highest BCUT2D eigenvalue weighted by Crippen LogP contribution is 2.14. The van der Waals surface area contributed by atoms with Crippen LogP contribution >= 0.6 is 11.8 Å². The second-order valence-corrected chi connectivity index (χ2v) is 10.8. The standard InChI is InChI=1S/C28H38N4O7S/c1-16(2)24(29)27(37)31-22(14-17-4-8-19(33)9-5-17)26(36)30-21(12-13-40-3)25(35)32-23(28(38)39)15-18-6-10-20(34)11-7-18/h4-11,16,21-24,33-34H,12-15,29H2,1-3H3,(H,30,36)(H,31,37)(H,32,35)(H,38,39). The van der Waals surface area contributed by atoms with Crippen LogP contribution in [0, 0.1) is 5.92 Å². The van der Waals surface area contributed by atoms with Gasteiger partial charge in [-0.2, -0.15) is 11.8 Å². The first kappa shape index (κ1) is 32.4. The van der Waals surface area contributed by atoms with Crippen LogP contribution in [0.5, 0.6) is 11.5 Å². The first-order valence-electron chi connectivity index (χ1n) is 12.9. The normalized spacial score (nSPS) is 14.0. The second-order valence-electron chi connectivity index (χ2n) is 9.81. The molecule has 8 N–H and O–H groups in total. The molecule has 0 bridgehead atoms. The number of aromatic hydroxyl groups is 2. The maximum atomic E-state index is 13.4. The molecule has 0 aliphatic rings. The third kappa shape index (κ3) is 10.4. The summed E-state index contributed by atoms with van der Waals surface area (Å²) in [7, 11) is 0. The van der Waals surface area contributed by atoms with Crippen molar-refractivity contribution in [3.05, 3.63) is 59.7 Å². The van der Waals surface area contributed by atoms with Gasteiger partial charge in [0.2, 0.25) is 17.7 Å². The molecule has 0 aromatic heterocycles. The molecule has 4 unspecified atom stereocenters. The first-order chi connectivity index (χ1) is 18.9. The maximum absolute atomic E-state index is 13.4. The zero-order chi connectivity index (χ0) is 29.8. The molecule has 0 radical (unpaired) electrons. The number of amides is 3. The molecular weight excluding hydrogens is 536 g/mol. The van der Waals surface area contributed by atoms with Crippen molar-refractivity contribution in [3.63, 3.8) is 0 Å². The Morgan fingerprint density at radius 1 is 0.750 bits per heavy atom. The maximum Gasteiger partial charge on any atom is 0.326 e. The Bertz CT molecular complexity index is 1140. The Kier molecular flexibility index (Phi) is 12.8. The van der Waals surface area contributed by atoms with Crippen molar-refractivity contribution in [2.75, 3.05) is 12.0 Å². The van der Waals surface area contributed by atoms with Gasteiger partial charge < -0.3 is 37.0 Å². The number of carboxylic acids is 1. The van der Waals surface area contributed by atoms with Gasteiger partial charge in [-0.3, -0.25) is 14.4 Å². The molecular formula is C28H38N4O7S. The summed E-state index contributed by atoms with van der Waals surface area (Å²) in [6, 6.07) is 7.82. The number of hydrogen-bond donors (Lipinski definition) is 7.